The molecule has 0 aliphatic carbocycles. The lowest BCUT2D eigenvalue weighted by Crippen LogP contribution is -2.44. The van der Waals surface area contributed by atoms with Gasteiger partial charge < -0.3 is 70.4 Å². The number of nitrogens with zero attached hydrogens (tertiary/aromatic N) is 1. The molecular weight excluding hydrogens is 1050 g/mol. The Kier molecular flexibility index (Phi) is 31.1. The number of benzene rings is 2. The predicted molar refractivity (Wildman–Crippen MR) is 276 cm³/mol. The molecule has 27 heteroatoms. The van der Waals surface area contributed by atoms with Gasteiger partial charge in [-0.3, -0.25) is 38.1 Å². The lowest BCUT2D eigenvalue weighted by atomic mass is 10.0. The summed E-state index contributed by atoms with van der Waals surface area (Å²) in [4.78, 5) is 120. The lowest BCUT2D eigenvalue weighted by Gasteiger charge is -2.26. The molecule has 78 heavy (non-hydrogen) atoms. The minimum atomic E-state index is -4.74. The van der Waals surface area contributed by atoms with Gasteiger partial charge in [-0.15, -0.1) is 0 Å². The number of unbranched alkanes of at least 4 members (excludes halogenated alkanes) is 2. The van der Waals surface area contributed by atoms with Crippen LogP contribution in [0.3, 0.4) is 0 Å². The Bertz CT molecular complexity index is 2410. The molecule has 5 amide bonds. The Morgan fingerprint density at radius 2 is 1.06 bits per heavy atom. The first-order valence-corrected chi connectivity index (χ1v) is 27.0. The molecule has 0 aromatic heterocycles. The van der Waals surface area contributed by atoms with Gasteiger partial charge in [-0.25, -0.2) is 19.2 Å². The van der Waals surface area contributed by atoms with E-state index in [-0.39, 0.29) is 89.0 Å². The van der Waals surface area contributed by atoms with E-state index in [9.17, 15) is 62.8 Å². The Balaban J connectivity index is 1.12. The average Bonchev–Trinajstić information content (AvgIpc) is 3.41. The first-order chi connectivity index (χ1) is 37.3. The van der Waals surface area contributed by atoms with E-state index >= 15 is 0 Å². The molecule has 0 fully saturated rings. The smallest absolute Gasteiger partial charge is 0.403 e. The van der Waals surface area contributed by atoms with E-state index in [0.29, 0.717) is 71.1 Å². The summed E-state index contributed by atoms with van der Waals surface area (Å²) in [6, 6.07) is 10.5. The molecule has 430 valence electrons. The molecule has 0 bridgehead atoms. The van der Waals surface area contributed by atoms with Gasteiger partial charge in [0.15, 0.2) is 0 Å². The number of carboxylic acids is 4. The normalized spacial score (nSPS) is 13.5. The molecule has 3 rings (SSSR count). The van der Waals surface area contributed by atoms with Crippen molar-refractivity contribution in [2.24, 2.45) is 0 Å². The molecule has 2 aromatic carbocycles. The summed E-state index contributed by atoms with van der Waals surface area (Å²) in [7, 11) is -4.74. The predicted octanol–water partition coefficient (Wildman–Crippen LogP) is 1.69. The number of anilines is 1. The maximum Gasteiger partial charge on any atom is 0.403 e. The van der Waals surface area contributed by atoms with Crippen LogP contribution in [0.1, 0.15) is 100 Å². The van der Waals surface area contributed by atoms with Crippen LogP contribution in [0.15, 0.2) is 48.5 Å². The summed E-state index contributed by atoms with van der Waals surface area (Å²) < 4.78 is 38.9. The highest BCUT2D eigenvalue weighted by Gasteiger charge is 2.30. The summed E-state index contributed by atoms with van der Waals surface area (Å²) >= 11 is 0. The summed E-state index contributed by atoms with van der Waals surface area (Å²) in [5.74, 6) is -1.54. The van der Waals surface area contributed by atoms with Crippen LogP contribution in [0.2, 0.25) is 0 Å². The van der Waals surface area contributed by atoms with Crippen LogP contribution in [-0.2, 0) is 77.7 Å². The maximum absolute atomic E-state index is 13.3. The van der Waals surface area contributed by atoms with E-state index in [1.54, 1.807) is 4.90 Å². The van der Waals surface area contributed by atoms with Crippen molar-refractivity contribution >= 4 is 66.8 Å². The van der Waals surface area contributed by atoms with E-state index in [0.717, 1.165) is 16.7 Å². The highest BCUT2D eigenvalue weighted by Crippen LogP contribution is 2.38. The fourth-order valence-electron chi connectivity index (χ4n) is 7.29. The van der Waals surface area contributed by atoms with E-state index in [4.69, 9.17) is 33.7 Å². The van der Waals surface area contributed by atoms with Gasteiger partial charge in [0, 0.05) is 62.7 Å². The highest BCUT2D eigenvalue weighted by atomic mass is 31.2. The fraction of sp³-hybridized carbons (Fsp3) is 0.549. The number of rotatable bonds is 42. The molecule has 1 aliphatic rings. The zero-order valence-corrected chi connectivity index (χ0v) is 44.2. The molecule has 1 aliphatic heterocycles. The second kappa shape index (κ2) is 37.1. The molecule has 0 radical (unpaired) electrons. The minimum absolute atomic E-state index is 0.0285. The van der Waals surface area contributed by atoms with Crippen molar-refractivity contribution in [1.82, 2.24) is 26.4 Å². The van der Waals surface area contributed by atoms with E-state index in [1.165, 1.54) is 0 Å². The van der Waals surface area contributed by atoms with Crippen molar-refractivity contribution in [3.8, 4) is 11.8 Å². The van der Waals surface area contributed by atoms with Gasteiger partial charge in [-0.1, -0.05) is 48.6 Å². The Morgan fingerprint density at radius 3 is 1.72 bits per heavy atom. The van der Waals surface area contributed by atoms with Crippen LogP contribution < -0.4 is 31.3 Å². The Morgan fingerprint density at radius 1 is 0.526 bits per heavy atom. The minimum Gasteiger partial charge on any atom is -0.481 e. The molecular formula is C51H71N6O20P. The van der Waals surface area contributed by atoms with Gasteiger partial charge >= 0.3 is 31.6 Å². The van der Waals surface area contributed by atoms with Crippen LogP contribution in [-0.4, -0.2) is 169 Å². The molecule has 4 atom stereocenters. The van der Waals surface area contributed by atoms with Gasteiger partial charge in [0.25, 0.3) is 0 Å². The monoisotopic (exact) mass is 1120 g/mol. The van der Waals surface area contributed by atoms with E-state index < -0.39 is 87.4 Å². The molecule has 0 spiro atoms. The van der Waals surface area contributed by atoms with Gasteiger partial charge in [0.1, 0.15) is 18.1 Å². The van der Waals surface area contributed by atoms with Crippen molar-refractivity contribution in [3.63, 3.8) is 0 Å². The fourth-order valence-corrected chi connectivity index (χ4v) is 8.37. The number of fused-ring (bicyclic) bond motifs is 2. The van der Waals surface area contributed by atoms with Crippen LogP contribution in [0.4, 0.5) is 5.69 Å². The Labute approximate surface area is 451 Å². The standard InChI is InChI=1S/C51H71N6O20P/c58-43(20-21-47(62)57-35-38-11-4-3-9-36(38)15-16-37-10-5-6-13-42(37)57)53-25-28-74-30-32-76-34-33-75-31-29-73-27-23-44(59)52-24-7-1-2-14-45(60)55-40(50(67)68)17-19-46(61)54-39(49(65)66)12-8-26-77-78(71,72)56-41(51(69)70)18-22-48(63)64/h3-6,9-11,13,39-41H,1-2,7-8,12,14,17-35H2,(H,52,59)(H,53,58)(H,54,61)(H,55,60)(H,63,64)(H,65,66)(H,67,68)(H,69,70)(H2,56,71,72)/t39-,40-,41-/m0/s1. The number of carboxylic acid groups (broad SMARTS) is 4. The summed E-state index contributed by atoms with van der Waals surface area (Å²) in [5.41, 5.74) is 3.26. The van der Waals surface area contributed by atoms with Crippen LogP contribution in [0.5, 0.6) is 0 Å². The highest BCUT2D eigenvalue weighted by molar-refractivity contribution is 7.50. The molecule has 1 heterocycles. The third-order valence-electron chi connectivity index (χ3n) is 11.4. The molecule has 0 saturated carbocycles. The number of ether oxygens (including phenoxy) is 4. The quantitative estimate of drug-likeness (QED) is 0.0257. The number of amides is 5. The SMILES string of the molecule is O=C(O)CC[C@H](NP(=O)(O)OCCC[C@H](NC(=O)CC[C@H](NC(=O)CCCCCNC(=O)CCOCCOCCOCCOCCNC(=O)CCC(=O)N1Cc2ccccc2C#Cc2ccccc21)C(=O)O)C(=O)O)C(=O)O. The van der Waals surface area contributed by atoms with E-state index in [1.807, 2.05) is 53.6 Å². The van der Waals surface area contributed by atoms with Crippen molar-refractivity contribution in [2.75, 3.05) is 77.5 Å². The number of nitrogens with one attached hydrogen (secondary N) is 5. The first kappa shape index (κ1) is 65.5. The zero-order chi connectivity index (χ0) is 57.1. The van der Waals surface area contributed by atoms with Crippen LogP contribution in [0, 0.1) is 11.8 Å². The number of carbonyl (C=O) groups is 9. The number of carbonyl (C=O) groups excluding carboxylic acids is 5. The zero-order valence-electron chi connectivity index (χ0n) is 43.3. The summed E-state index contributed by atoms with van der Waals surface area (Å²) in [6.45, 7) is 2.75. The van der Waals surface area contributed by atoms with Gasteiger partial charge in [0.05, 0.1) is 71.7 Å². The van der Waals surface area contributed by atoms with Crippen molar-refractivity contribution in [1.29, 1.82) is 0 Å². The number of hydrogen-bond acceptors (Lipinski definition) is 15. The third kappa shape index (κ3) is 28.0. The second-order valence-corrected chi connectivity index (χ2v) is 19.1. The second-order valence-electron chi connectivity index (χ2n) is 17.5. The molecule has 2 aromatic rings. The number of para-hydroxylation sites is 1. The molecule has 0 saturated heterocycles. The Hall–Kier alpha value is -6.82. The number of hydrogen-bond donors (Lipinski definition) is 10. The van der Waals surface area contributed by atoms with Crippen LogP contribution in [0.25, 0.3) is 0 Å². The van der Waals surface area contributed by atoms with Gasteiger partial charge in [-0.05, 0) is 62.3 Å². The first-order valence-electron chi connectivity index (χ1n) is 25.4. The van der Waals surface area contributed by atoms with Crippen molar-refractivity contribution < 1.29 is 96.5 Å². The summed E-state index contributed by atoms with van der Waals surface area (Å²) in [6.07, 6.45) is -0.836. The maximum atomic E-state index is 13.3. The number of aliphatic carboxylic acids is 4. The summed E-state index contributed by atoms with van der Waals surface area (Å²) in [5, 5.41) is 48.8. The largest absolute Gasteiger partial charge is 0.481 e. The molecule has 1 unspecified atom stereocenters. The van der Waals surface area contributed by atoms with Crippen molar-refractivity contribution in [3.05, 3.63) is 65.2 Å². The molecule has 10 N–H and O–H groups in total. The molecule has 26 nitrogen and oxygen atoms in total. The van der Waals surface area contributed by atoms with Gasteiger partial charge in [-0.2, -0.15) is 0 Å². The lowest BCUT2D eigenvalue weighted by molar-refractivity contribution is -0.143. The van der Waals surface area contributed by atoms with Crippen molar-refractivity contribution in [2.45, 2.75) is 108 Å². The topological polar surface area (TPSA) is 381 Å². The average molecular weight is 1120 g/mol. The third-order valence-corrected chi connectivity index (χ3v) is 12.6. The van der Waals surface area contributed by atoms with Crippen LogP contribution >= 0.6 is 7.75 Å². The van der Waals surface area contributed by atoms with E-state index in [2.05, 4.69) is 33.1 Å². The van der Waals surface area contributed by atoms with Gasteiger partial charge in [0.2, 0.25) is 29.5 Å².